The van der Waals surface area contributed by atoms with Crippen LogP contribution in [0.15, 0.2) is 0 Å². The number of nitrogens with zero attached hydrogens (tertiary/aromatic N) is 1. The largest absolute Gasteiger partial charge is 0.342 e. The van der Waals surface area contributed by atoms with Crippen LogP contribution in [0.5, 0.6) is 0 Å². The van der Waals surface area contributed by atoms with Crippen LogP contribution in [0.1, 0.15) is 27.2 Å². The second-order valence-corrected chi connectivity index (χ2v) is 3.71. The quantitative estimate of drug-likeness (QED) is 0.670. The predicted octanol–water partition coefficient (Wildman–Crippen LogP) is 2.28. The van der Waals surface area contributed by atoms with Crippen molar-refractivity contribution in [1.29, 1.82) is 0 Å². The number of halogens is 1. The normalized spacial score (nSPS) is 12.7. The average molecular weight is 236 g/mol. The number of hydrogen-bond acceptors (Lipinski definition) is 1. The smallest absolute Gasteiger partial charge is 0.225 e. The molecule has 0 aliphatic heterocycles. The Kier molecular flexibility index (Phi) is 6.44. The minimum Gasteiger partial charge on any atom is -0.342 e. The van der Waals surface area contributed by atoms with Gasteiger partial charge in [0.15, 0.2) is 0 Å². The molecule has 3 heteroatoms. The minimum absolute atomic E-state index is 0.170. The van der Waals surface area contributed by atoms with Crippen molar-refractivity contribution in [2.45, 2.75) is 27.2 Å². The van der Waals surface area contributed by atoms with Gasteiger partial charge in [-0.3, -0.25) is 4.79 Å². The summed E-state index contributed by atoms with van der Waals surface area (Å²) in [6.07, 6.45) is 0.928. The zero-order chi connectivity index (χ0) is 9.56. The molecule has 0 spiro atoms. The van der Waals surface area contributed by atoms with Gasteiger partial charge in [-0.25, -0.2) is 0 Å². The van der Waals surface area contributed by atoms with Gasteiger partial charge in [0, 0.05) is 24.3 Å². The van der Waals surface area contributed by atoms with Crippen molar-refractivity contribution in [3.8, 4) is 0 Å². The third-order valence-corrected chi connectivity index (χ3v) is 2.44. The molecular formula is C9H18BrNO. The van der Waals surface area contributed by atoms with Crippen molar-refractivity contribution in [3.05, 3.63) is 0 Å². The van der Waals surface area contributed by atoms with Crippen LogP contribution < -0.4 is 0 Å². The third kappa shape index (κ3) is 3.57. The molecule has 1 amide bonds. The number of hydrogen-bond donors (Lipinski definition) is 0. The zero-order valence-electron chi connectivity index (χ0n) is 8.14. The molecule has 0 bridgehead atoms. The summed E-state index contributed by atoms with van der Waals surface area (Å²) in [7, 11) is 0. The van der Waals surface area contributed by atoms with E-state index in [1.54, 1.807) is 0 Å². The number of carbonyl (C=O) groups is 1. The first-order valence-electron chi connectivity index (χ1n) is 4.52. The van der Waals surface area contributed by atoms with Crippen LogP contribution in [0.3, 0.4) is 0 Å². The molecule has 0 saturated carbocycles. The Morgan fingerprint density at radius 1 is 1.50 bits per heavy atom. The zero-order valence-corrected chi connectivity index (χ0v) is 9.73. The maximum atomic E-state index is 11.6. The molecule has 0 N–H and O–H groups in total. The molecule has 1 unspecified atom stereocenters. The fraction of sp³-hybridized carbons (Fsp3) is 0.889. The van der Waals surface area contributed by atoms with Crippen molar-refractivity contribution in [2.75, 3.05) is 18.4 Å². The third-order valence-electron chi connectivity index (χ3n) is 2.08. The fourth-order valence-corrected chi connectivity index (χ4v) is 1.44. The Labute approximate surface area is 83.4 Å². The molecular weight excluding hydrogens is 218 g/mol. The summed E-state index contributed by atoms with van der Waals surface area (Å²) >= 11 is 3.34. The van der Waals surface area contributed by atoms with E-state index in [9.17, 15) is 4.79 Å². The molecule has 0 radical (unpaired) electrons. The lowest BCUT2D eigenvalue weighted by atomic mass is 10.1. The average Bonchev–Trinajstić information content (AvgIpc) is 2.11. The van der Waals surface area contributed by atoms with Crippen molar-refractivity contribution in [3.63, 3.8) is 0 Å². The summed E-state index contributed by atoms with van der Waals surface area (Å²) in [6, 6.07) is 0. The van der Waals surface area contributed by atoms with Crippen molar-refractivity contribution >= 4 is 21.8 Å². The first-order chi connectivity index (χ1) is 5.67. The topological polar surface area (TPSA) is 20.3 Å². The van der Waals surface area contributed by atoms with Crippen LogP contribution in [0.4, 0.5) is 0 Å². The molecule has 72 valence electrons. The van der Waals surface area contributed by atoms with Crippen molar-refractivity contribution in [1.82, 2.24) is 4.90 Å². The molecule has 12 heavy (non-hydrogen) atoms. The highest BCUT2D eigenvalue weighted by molar-refractivity contribution is 9.09. The highest BCUT2D eigenvalue weighted by Crippen LogP contribution is 2.06. The van der Waals surface area contributed by atoms with Gasteiger partial charge in [0.05, 0.1) is 0 Å². The number of carbonyl (C=O) groups excluding carboxylic acids is 1. The molecule has 0 aromatic carbocycles. The Bertz CT molecular complexity index is 138. The molecule has 1 atom stereocenters. The maximum absolute atomic E-state index is 11.6. The predicted molar refractivity (Wildman–Crippen MR) is 55.5 cm³/mol. The number of alkyl halides is 1. The monoisotopic (exact) mass is 235 g/mol. The summed E-state index contributed by atoms with van der Waals surface area (Å²) in [6.45, 7) is 7.68. The Balaban J connectivity index is 4.01. The van der Waals surface area contributed by atoms with E-state index >= 15 is 0 Å². The standard InChI is InChI=1S/C9H18BrNO/c1-4-8(3)9(12)11(5-2)7-6-10/h8H,4-7H2,1-3H3. The summed E-state index contributed by atoms with van der Waals surface area (Å²) in [5.41, 5.74) is 0. The van der Waals surface area contributed by atoms with Crippen molar-refractivity contribution in [2.24, 2.45) is 5.92 Å². The van der Waals surface area contributed by atoms with E-state index in [4.69, 9.17) is 0 Å². The fourth-order valence-electron chi connectivity index (χ4n) is 1.01. The van der Waals surface area contributed by atoms with Crippen LogP contribution in [0, 0.1) is 5.92 Å². The molecule has 0 fully saturated rings. The number of rotatable bonds is 5. The Morgan fingerprint density at radius 2 is 2.08 bits per heavy atom. The molecule has 0 aliphatic rings. The van der Waals surface area contributed by atoms with Gasteiger partial charge in [-0.2, -0.15) is 0 Å². The van der Waals surface area contributed by atoms with Crippen LogP contribution >= 0.6 is 15.9 Å². The molecule has 0 heterocycles. The Morgan fingerprint density at radius 3 is 2.42 bits per heavy atom. The lowest BCUT2D eigenvalue weighted by molar-refractivity contribution is -0.134. The SMILES string of the molecule is CCC(C)C(=O)N(CC)CCBr. The van der Waals surface area contributed by atoms with Gasteiger partial charge < -0.3 is 4.90 Å². The first-order valence-corrected chi connectivity index (χ1v) is 5.64. The molecule has 0 saturated heterocycles. The summed E-state index contributed by atoms with van der Waals surface area (Å²) < 4.78 is 0. The van der Waals surface area contributed by atoms with E-state index in [-0.39, 0.29) is 11.8 Å². The van der Waals surface area contributed by atoms with Crippen LogP contribution in [-0.2, 0) is 4.79 Å². The highest BCUT2D eigenvalue weighted by Gasteiger charge is 2.16. The van der Waals surface area contributed by atoms with E-state index in [1.807, 2.05) is 25.7 Å². The van der Waals surface area contributed by atoms with Crippen molar-refractivity contribution < 1.29 is 4.79 Å². The lowest BCUT2D eigenvalue weighted by Crippen LogP contribution is -2.36. The van der Waals surface area contributed by atoms with Gasteiger partial charge in [0.25, 0.3) is 0 Å². The van der Waals surface area contributed by atoms with Gasteiger partial charge >= 0.3 is 0 Å². The van der Waals surface area contributed by atoms with Gasteiger partial charge in [0.2, 0.25) is 5.91 Å². The van der Waals surface area contributed by atoms with Gasteiger partial charge in [0.1, 0.15) is 0 Å². The van der Waals surface area contributed by atoms with E-state index in [2.05, 4.69) is 15.9 Å². The van der Waals surface area contributed by atoms with E-state index in [1.165, 1.54) is 0 Å². The molecule has 0 aliphatic carbocycles. The lowest BCUT2D eigenvalue weighted by Gasteiger charge is -2.22. The van der Waals surface area contributed by atoms with E-state index in [0.717, 1.165) is 24.8 Å². The molecule has 0 aromatic rings. The summed E-state index contributed by atoms with van der Waals surface area (Å²) in [4.78, 5) is 13.5. The Hall–Kier alpha value is -0.0500. The highest BCUT2D eigenvalue weighted by atomic mass is 79.9. The van der Waals surface area contributed by atoms with Gasteiger partial charge in [-0.15, -0.1) is 0 Å². The van der Waals surface area contributed by atoms with E-state index < -0.39 is 0 Å². The van der Waals surface area contributed by atoms with Crippen LogP contribution in [0.2, 0.25) is 0 Å². The van der Waals surface area contributed by atoms with E-state index in [0.29, 0.717) is 0 Å². The van der Waals surface area contributed by atoms with Crippen LogP contribution in [-0.4, -0.2) is 29.2 Å². The van der Waals surface area contributed by atoms with Gasteiger partial charge in [-0.05, 0) is 13.3 Å². The summed E-state index contributed by atoms with van der Waals surface area (Å²) in [5, 5.41) is 0.864. The second-order valence-electron chi connectivity index (χ2n) is 2.92. The van der Waals surface area contributed by atoms with Gasteiger partial charge in [-0.1, -0.05) is 29.8 Å². The first kappa shape index (κ1) is 11.9. The number of amides is 1. The second kappa shape index (κ2) is 6.46. The summed E-state index contributed by atoms with van der Waals surface area (Å²) in [5.74, 6) is 0.448. The minimum atomic E-state index is 0.170. The molecule has 0 aromatic heterocycles. The van der Waals surface area contributed by atoms with Crippen LogP contribution in [0.25, 0.3) is 0 Å². The molecule has 2 nitrogen and oxygen atoms in total. The molecule has 0 rings (SSSR count). The maximum Gasteiger partial charge on any atom is 0.225 e.